The maximum absolute atomic E-state index is 12.7. The second kappa shape index (κ2) is 41.4. The topological polar surface area (TPSA) is 172 Å². The summed E-state index contributed by atoms with van der Waals surface area (Å²) in [6, 6.07) is 25.6. The van der Waals surface area contributed by atoms with Gasteiger partial charge in [-0.3, -0.25) is 9.59 Å². The van der Waals surface area contributed by atoms with Gasteiger partial charge in [-0.2, -0.15) is 0 Å². The van der Waals surface area contributed by atoms with Crippen molar-refractivity contribution < 1.29 is 57.9 Å². The number of ketones is 2. The van der Waals surface area contributed by atoms with E-state index in [1.54, 1.807) is 60.7 Å². The van der Waals surface area contributed by atoms with Crippen LogP contribution in [0.1, 0.15) is 181 Å². The molecule has 0 saturated heterocycles. The molecule has 0 bridgehead atoms. The van der Waals surface area contributed by atoms with Crippen molar-refractivity contribution in [3.63, 3.8) is 0 Å². The Morgan fingerprint density at radius 2 is 0.787 bits per heavy atom. The zero-order chi connectivity index (χ0) is 54.7. The van der Waals surface area contributed by atoms with Crippen LogP contribution < -0.4 is 9.47 Å². The van der Waals surface area contributed by atoms with Crippen molar-refractivity contribution in [1.82, 2.24) is 0 Å². The van der Waals surface area contributed by atoms with Crippen molar-refractivity contribution in [2.45, 2.75) is 155 Å². The molecule has 4 rings (SSSR count). The monoisotopic (exact) mass is 1030 g/mol. The highest BCUT2D eigenvalue weighted by molar-refractivity contribution is 6.11. The van der Waals surface area contributed by atoms with Gasteiger partial charge in [-0.1, -0.05) is 216 Å². The first-order chi connectivity index (χ1) is 36.5. The van der Waals surface area contributed by atoms with Gasteiger partial charge in [0.15, 0.2) is 17.7 Å². The third-order valence-electron chi connectivity index (χ3n) is 11.8. The van der Waals surface area contributed by atoms with Crippen LogP contribution in [0.15, 0.2) is 135 Å². The van der Waals surface area contributed by atoms with Crippen LogP contribution >= 0.6 is 0 Å². The van der Waals surface area contributed by atoms with Gasteiger partial charge in [0.1, 0.15) is 36.2 Å². The number of carbonyl (C=O) groups is 5. The zero-order valence-corrected chi connectivity index (χ0v) is 44.8. The molecule has 0 fully saturated rings. The first kappa shape index (κ1) is 64.2. The van der Waals surface area contributed by atoms with E-state index in [4.69, 9.17) is 18.9 Å². The number of phenols is 2. The summed E-state index contributed by atoms with van der Waals surface area (Å²) < 4.78 is 26.2. The van der Waals surface area contributed by atoms with Gasteiger partial charge in [-0.05, 0) is 37.1 Å². The largest absolute Gasteiger partial charge is 0.507 e. The Kier molecular flexibility index (Phi) is 35.4. The molecule has 0 aromatic heterocycles. The van der Waals surface area contributed by atoms with E-state index in [1.807, 2.05) is 6.92 Å². The van der Waals surface area contributed by atoms with Gasteiger partial charge in [0.05, 0.1) is 24.3 Å². The summed E-state index contributed by atoms with van der Waals surface area (Å²) in [7, 11) is 0. The fourth-order valence-corrected chi connectivity index (χ4v) is 7.63. The lowest BCUT2D eigenvalue weighted by molar-refractivity contribution is -0.146. The van der Waals surface area contributed by atoms with Gasteiger partial charge in [-0.25, -0.2) is 14.4 Å². The summed E-state index contributed by atoms with van der Waals surface area (Å²) in [6.07, 6.45) is 31.0. The Labute approximate surface area is 447 Å². The van der Waals surface area contributed by atoms with Gasteiger partial charge in [-0.15, -0.1) is 0 Å². The molecule has 12 nitrogen and oxygen atoms in total. The number of hydrogen-bond donors (Lipinski definition) is 2. The summed E-state index contributed by atoms with van der Waals surface area (Å²) in [5.74, 6) is -2.06. The summed E-state index contributed by atoms with van der Waals surface area (Å²) in [5, 5.41) is 20.8. The summed E-state index contributed by atoms with van der Waals surface area (Å²) >= 11 is 0. The number of phenolic OH excluding ortho intramolecular Hbond substituents is 2. The van der Waals surface area contributed by atoms with Crippen molar-refractivity contribution >= 4 is 29.5 Å². The number of esters is 3. The molecule has 0 unspecified atom stereocenters. The molecular formula is C63H84O12. The summed E-state index contributed by atoms with van der Waals surface area (Å²) in [4.78, 5) is 58.3. The number of carbonyl (C=O) groups excluding carboxylic acids is 5. The van der Waals surface area contributed by atoms with Crippen LogP contribution in [0.3, 0.4) is 0 Å². The van der Waals surface area contributed by atoms with Crippen molar-refractivity contribution in [2.75, 3.05) is 26.4 Å². The first-order valence-electron chi connectivity index (χ1n) is 27.0. The molecule has 0 aliphatic heterocycles. The summed E-state index contributed by atoms with van der Waals surface area (Å²) in [5.41, 5.74) is 1.10. The van der Waals surface area contributed by atoms with E-state index in [1.165, 1.54) is 164 Å². The van der Waals surface area contributed by atoms with Crippen molar-refractivity contribution in [3.8, 4) is 23.0 Å². The van der Waals surface area contributed by atoms with Crippen molar-refractivity contribution in [3.05, 3.63) is 157 Å². The smallest absolute Gasteiger partial charge is 0.330 e. The van der Waals surface area contributed by atoms with Gasteiger partial charge in [0.2, 0.25) is 0 Å². The highest BCUT2D eigenvalue weighted by atomic mass is 16.6. The first-order valence-corrected chi connectivity index (χ1v) is 27.0. The molecule has 0 aliphatic rings. The molecule has 408 valence electrons. The number of benzene rings is 4. The van der Waals surface area contributed by atoms with Crippen LogP contribution in [-0.4, -0.2) is 72.2 Å². The van der Waals surface area contributed by atoms with Crippen LogP contribution in [0.5, 0.6) is 23.0 Å². The fraction of sp³-hybridized carbons (Fsp3) is 0.444. The minimum atomic E-state index is -0.897. The standard InChI is InChI=1S/C32H26O8.C25H48O2.C6H10O2/c1-2-30(35)40-25(19-38-23-13-15-26(28(33)17-23)31(36)21-9-5-3-6-10-21)20-39-24-14-16-27(29(34)18-24)32(37)22-11-7-4-8-12-22;1-3-5-6-7-8-9-10-11-12-13-14-15-16-17-18-19-20-21-22-23-24-27-25(26)4-2;1-3-5-8-6(7)4-2/h2-18,25,33-34H,1,19-20H2;4H,2-3,5-24H2,1H3;4H,2-3,5H2,1H3. The molecule has 0 aliphatic carbocycles. The van der Waals surface area contributed by atoms with Gasteiger partial charge in [0.25, 0.3) is 0 Å². The second-order valence-corrected chi connectivity index (χ2v) is 18.1. The molecule has 4 aromatic rings. The van der Waals surface area contributed by atoms with E-state index in [0.717, 1.165) is 25.0 Å². The van der Waals surface area contributed by atoms with Crippen LogP contribution in [0.2, 0.25) is 0 Å². The van der Waals surface area contributed by atoms with Crippen LogP contribution in [0, 0.1) is 0 Å². The molecule has 0 spiro atoms. The molecule has 2 N–H and O–H groups in total. The molecule has 0 saturated carbocycles. The SMILES string of the molecule is C=CC(=O)OC(COc1ccc(C(=O)c2ccccc2)c(O)c1)COc1ccc(C(=O)c2ccccc2)c(O)c1.C=CC(=O)OCCC.C=CC(=O)OCCCCCCCCCCCCCCCCCCCCCC. The van der Waals surface area contributed by atoms with Gasteiger partial charge < -0.3 is 33.9 Å². The molecule has 0 radical (unpaired) electrons. The number of unbranched alkanes of at least 4 members (excludes halogenated alkanes) is 19. The Bertz CT molecular complexity index is 2150. The quantitative estimate of drug-likeness (QED) is 0.0144. The lowest BCUT2D eigenvalue weighted by Gasteiger charge is -2.19. The van der Waals surface area contributed by atoms with E-state index in [0.29, 0.717) is 24.3 Å². The lowest BCUT2D eigenvalue weighted by Crippen LogP contribution is -2.30. The van der Waals surface area contributed by atoms with Gasteiger partial charge >= 0.3 is 17.9 Å². The van der Waals surface area contributed by atoms with Crippen LogP contribution in [-0.2, 0) is 28.6 Å². The molecule has 0 heterocycles. The summed E-state index contributed by atoms with van der Waals surface area (Å²) in [6.45, 7) is 15.0. The Morgan fingerprint density at radius 1 is 0.440 bits per heavy atom. The predicted molar refractivity (Wildman–Crippen MR) is 298 cm³/mol. The average molecular weight is 1030 g/mol. The van der Waals surface area contributed by atoms with E-state index in [-0.39, 0.29) is 70.8 Å². The molecule has 0 amide bonds. The highest BCUT2D eigenvalue weighted by Gasteiger charge is 2.19. The second-order valence-electron chi connectivity index (χ2n) is 18.1. The highest BCUT2D eigenvalue weighted by Crippen LogP contribution is 2.28. The Morgan fingerprint density at radius 3 is 1.12 bits per heavy atom. The minimum Gasteiger partial charge on any atom is -0.507 e. The third kappa shape index (κ3) is 29.5. The van der Waals surface area contributed by atoms with Crippen molar-refractivity contribution in [2.24, 2.45) is 0 Å². The lowest BCUT2D eigenvalue weighted by atomic mass is 10.0. The molecule has 75 heavy (non-hydrogen) atoms. The predicted octanol–water partition coefficient (Wildman–Crippen LogP) is 14.8. The molecular weight excluding hydrogens is 949 g/mol. The maximum atomic E-state index is 12.7. The molecule has 4 aromatic carbocycles. The van der Waals surface area contributed by atoms with E-state index in [9.17, 15) is 34.2 Å². The van der Waals surface area contributed by atoms with E-state index in [2.05, 4.69) is 31.4 Å². The number of rotatable bonds is 37. The van der Waals surface area contributed by atoms with Crippen LogP contribution in [0.25, 0.3) is 0 Å². The average Bonchev–Trinajstić information content (AvgIpc) is 3.43. The van der Waals surface area contributed by atoms with Crippen LogP contribution in [0.4, 0.5) is 0 Å². The van der Waals surface area contributed by atoms with E-state index < -0.39 is 12.1 Å². The fourth-order valence-electron chi connectivity index (χ4n) is 7.63. The minimum absolute atomic E-state index is 0.116. The van der Waals surface area contributed by atoms with Crippen molar-refractivity contribution in [1.29, 1.82) is 0 Å². The third-order valence-corrected chi connectivity index (χ3v) is 11.8. The zero-order valence-electron chi connectivity index (χ0n) is 44.8. The molecule has 0 atom stereocenters. The normalized spacial score (nSPS) is 10.4. The Balaban J connectivity index is 0.000000475. The maximum Gasteiger partial charge on any atom is 0.330 e. The number of ether oxygens (including phenoxy) is 5. The molecule has 12 heteroatoms. The van der Waals surface area contributed by atoms with Gasteiger partial charge in [0, 0.05) is 41.5 Å². The Hall–Kier alpha value is -6.95. The number of hydrogen-bond acceptors (Lipinski definition) is 12. The van der Waals surface area contributed by atoms with E-state index >= 15 is 0 Å². The number of aromatic hydroxyl groups is 2.